The van der Waals surface area contributed by atoms with Crippen LogP contribution < -0.4 is 10.1 Å². The Morgan fingerprint density at radius 1 is 1.15 bits per heavy atom. The minimum Gasteiger partial charge on any atom is -0.490 e. The molecule has 1 saturated carbocycles. The summed E-state index contributed by atoms with van der Waals surface area (Å²) in [5, 5.41) is 13.1. The number of sulfonamides is 1. The van der Waals surface area contributed by atoms with Crippen molar-refractivity contribution < 1.29 is 32.6 Å². The number of carbonyl (C=O) groups is 2. The summed E-state index contributed by atoms with van der Waals surface area (Å²) < 4.78 is 38.0. The molecule has 1 aromatic rings. The van der Waals surface area contributed by atoms with Gasteiger partial charge in [0.25, 0.3) is 5.91 Å². The maximum atomic E-state index is 14.2. The number of rotatable bonds is 7. The van der Waals surface area contributed by atoms with Gasteiger partial charge in [-0.05, 0) is 64.2 Å². The number of nitrogens with one attached hydrogen (secondary N) is 1. The van der Waals surface area contributed by atoms with Crippen molar-refractivity contribution in [2.75, 3.05) is 44.9 Å². The zero-order valence-electron chi connectivity index (χ0n) is 25.3. The molecule has 232 valence electrons. The summed E-state index contributed by atoms with van der Waals surface area (Å²) in [6.45, 7) is 6.25. The molecule has 0 unspecified atom stereocenters. The second-order valence-corrected chi connectivity index (χ2v) is 14.0. The maximum Gasteiger partial charge on any atom is 0.258 e. The lowest BCUT2D eigenvalue weighted by Gasteiger charge is -2.35. The van der Waals surface area contributed by atoms with Gasteiger partial charge in [0.1, 0.15) is 5.75 Å². The first-order valence-corrected chi connectivity index (χ1v) is 16.8. The molecule has 41 heavy (non-hydrogen) atoms. The Labute approximate surface area is 245 Å². The van der Waals surface area contributed by atoms with E-state index in [1.807, 2.05) is 13.8 Å². The summed E-state index contributed by atoms with van der Waals surface area (Å²) in [6, 6.07) is 4.67. The highest BCUT2D eigenvalue weighted by molar-refractivity contribution is 7.88. The summed E-state index contributed by atoms with van der Waals surface area (Å²) in [5.74, 6) is -0.198. The normalized spacial score (nSPS) is 24.7. The van der Waals surface area contributed by atoms with Crippen molar-refractivity contribution in [1.29, 1.82) is 0 Å². The van der Waals surface area contributed by atoms with Gasteiger partial charge in [-0.2, -0.15) is 0 Å². The molecule has 1 aliphatic heterocycles. The first kappa shape index (κ1) is 33.3. The van der Waals surface area contributed by atoms with E-state index < -0.39 is 22.2 Å². The van der Waals surface area contributed by atoms with Gasteiger partial charge in [0.05, 0.1) is 36.7 Å². The predicted molar refractivity (Wildman–Crippen MR) is 160 cm³/mol. The highest BCUT2D eigenvalue weighted by Crippen LogP contribution is 2.30. The van der Waals surface area contributed by atoms with Crippen LogP contribution in [0.4, 0.5) is 5.69 Å². The van der Waals surface area contributed by atoms with Crippen molar-refractivity contribution in [2.45, 2.75) is 90.4 Å². The quantitative estimate of drug-likeness (QED) is 0.490. The van der Waals surface area contributed by atoms with Gasteiger partial charge in [-0.3, -0.25) is 9.59 Å². The van der Waals surface area contributed by atoms with Crippen LogP contribution >= 0.6 is 0 Å². The summed E-state index contributed by atoms with van der Waals surface area (Å²) in [7, 11) is -1.90. The molecule has 0 saturated heterocycles. The van der Waals surface area contributed by atoms with E-state index in [1.165, 1.54) is 11.4 Å². The summed E-state index contributed by atoms with van der Waals surface area (Å²) >= 11 is 0. The second-order valence-electron chi connectivity index (χ2n) is 11.9. The van der Waals surface area contributed by atoms with Crippen molar-refractivity contribution in [3.8, 4) is 5.75 Å². The van der Waals surface area contributed by atoms with Gasteiger partial charge in [-0.1, -0.05) is 26.2 Å². The molecular formula is C30H49N3O7S. The van der Waals surface area contributed by atoms with Crippen LogP contribution in [0.2, 0.25) is 0 Å². The molecule has 0 aromatic heterocycles. The fourth-order valence-corrected chi connectivity index (χ4v) is 5.88. The Balaban J connectivity index is 1.95. The number of ether oxygens (including phenoxy) is 2. The number of nitrogens with zero attached hydrogens (tertiary/aromatic N) is 2. The van der Waals surface area contributed by atoms with Crippen LogP contribution in [0.25, 0.3) is 0 Å². The minimum atomic E-state index is -3.42. The van der Waals surface area contributed by atoms with E-state index in [9.17, 15) is 23.1 Å². The molecule has 2 N–H and O–H groups in total. The monoisotopic (exact) mass is 595 g/mol. The van der Waals surface area contributed by atoms with Gasteiger partial charge in [0.2, 0.25) is 15.9 Å². The van der Waals surface area contributed by atoms with Crippen LogP contribution in [0.15, 0.2) is 18.2 Å². The predicted octanol–water partition coefficient (Wildman–Crippen LogP) is 3.89. The lowest BCUT2D eigenvalue weighted by molar-refractivity contribution is -0.120. The molecule has 11 heteroatoms. The molecule has 1 aliphatic carbocycles. The van der Waals surface area contributed by atoms with Crippen LogP contribution in [0.1, 0.15) is 82.5 Å². The van der Waals surface area contributed by atoms with Crippen LogP contribution in [0.3, 0.4) is 0 Å². The van der Waals surface area contributed by atoms with Gasteiger partial charge in [0.15, 0.2) is 0 Å². The molecular weight excluding hydrogens is 546 g/mol. The van der Waals surface area contributed by atoms with Gasteiger partial charge in [-0.15, -0.1) is 0 Å². The number of anilines is 1. The number of hydrogen-bond acceptors (Lipinski definition) is 7. The molecule has 2 amide bonds. The van der Waals surface area contributed by atoms with Crippen molar-refractivity contribution in [3.05, 3.63) is 23.8 Å². The standard InChI is InChI=1S/C30H49N3O7S/c1-21-18-33(22(2)20-34)30(36)26-17-25(31-29(35)24-12-7-6-8-13-24)14-15-27(26)40-23(3)11-9-10-16-39-28(21)19-32(4)41(5,37)38/h14-15,17,21-24,28,34H,6-13,16,18-20H2,1-5H3,(H,31,35)/t21-,22-,23+,28+/m0/s1. The molecule has 0 bridgehead atoms. The largest absolute Gasteiger partial charge is 0.490 e. The van der Waals surface area contributed by atoms with E-state index in [0.29, 0.717) is 23.6 Å². The number of aliphatic hydroxyl groups excluding tert-OH is 1. The van der Waals surface area contributed by atoms with Gasteiger partial charge in [0, 0.05) is 44.3 Å². The number of benzene rings is 1. The van der Waals surface area contributed by atoms with E-state index in [-0.39, 0.29) is 49.5 Å². The molecule has 10 nitrogen and oxygen atoms in total. The Hall–Kier alpha value is -2.21. The number of carbonyl (C=O) groups excluding carboxylic acids is 2. The minimum absolute atomic E-state index is 0.0295. The fraction of sp³-hybridized carbons (Fsp3) is 0.733. The Morgan fingerprint density at radius 2 is 1.83 bits per heavy atom. The summed E-state index contributed by atoms with van der Waals surface area (Å²) in [5.41, 5.74) is 0.847. The van der Waals surface area contributed by atoms with E-state index in [1.54, 1.807) is 30.0 Å². The van der Waals surface area contributed by atoms with Crippen LogP contribution in [-0.4, -0.2) is 92.4 Å². The molecule has 3 rings (SSSR count). The Kier molecular flexibility index (Phi) is 12.4. The van der Waals surface area contributed by atoms with Gasteiger partial charge >= 0.3 is 0 Å². The molecule has 0 radical (unpaired) electrons. The van der Waals surface area contributed by atoms with Crippen molar-refractivity contribution >= 4 is 27.5 Å². The fourth-order valence-electron chi connectivity index (χ4n) is 5.46. The second kappa shape index (κ2) is 15.3. The summed E-state index contributed by atoms with van der Waals surface area (Å²) in [6.07, 6.45) is 7.90. The van der Waals surface area contributed by atoms with Crippen molar-refractivity contribution in [3.63, 3.8) is 0 Å². The van der Waals surface area contributed by atoms with Crippen LogP contribution in [-0.2, 0) is 19.6 Å². The smallest absolute Gasteiger partial charge is 0.258 e. The van der Waals surface area contributed by atoms with E-state index in [4.69, 9.17) is 9.47 Å². The zero-order valence-corrected chi connectivity index (χ0v) is 26.1. The van der Waals surface area contributed by atoms with Gasteiger partial charge < -0.3 is 24.8 Å². The first-order valence-electron chi connectivity index (χ1n) is 15.0. The maximum absolute atomic E-state index is 14.2. The average molecular weight is 596 g/mol. The third kappa shape index (κ3) is 9.66. The number of amides is 2. The molecule has 1 heterocycles. The molecule has 2 aliphatic rings. The number of likely N-dealkylation sites (N-methyl/N-ethyl adjacent to an activating group) is 1. The molecule has 0 spiro atoms. The molecule has 4 atom stereocenters. The number of hydrogen-bond donors (Lipinski definition) is 2. The van der Waals surface area contributed by atoms with Crippen LogP contribution in [0.5, 0.6) is 5.75 Å². The first-order chi connectivity index (χ1) is 19.4. The Morgan fingerprint density at radius 3 is 2.49 bits per heavy atom. The lowest BCUT2D eigenvalue weighted by Crippen LogP contribution is -2.47. The third-order valence-electron chi connectivity index (χ3n) is 8.30. The van der Waals surface area contributed by atoms with E-state index in [2.05, 4.69) is 5.32 Å². The number of fused-ring (bicyclic) bond motifs is 1. The molecule has 1 fully saturated rings. The van der Waals surface area contributed by atoms with Crippen molar-refractivity contribution in [1.82, 2.24) is 9.21 Å². The highest BCUT2D eigenvalue weighted by atomic mass is 32.2. The third-order valence-corrected chi connectivity index (χ3v) is 9.58. The van der Waals surface area contributed by atoms with E-state index >= 15 is 0 Å². The Bertz CT molecular complexity index is 1120. The SMILES string of the molecule is C[C@@H]1CCCCO[C@H](CN(C)S(C)(=O)=O)[C@@H](C)CN([C@@H](C)CO)C(=O)c2cc(NC(=O)C3CCCCC3)ccc2O1. The topological polar surface area (TPSA) is 125 Å². The highest BCUT2D eigenvalue weighted by Gasteiger charge is 2.31. The number of aliphatic hydroxyl groups is 1. The van der Waals surface area contributed by atoms with Gasteiger partial charge in [-0.25, -0.2) is 12.7 Å². The average Bonchev–Trinajstić information content (AvgIpc) is 2.94. The zero-order chi connectivity index (χ0) is 30.2. The molecule has 1 aromatic carbocycles. The summed E-state index contributed by atoms with van der Waals surface area (Å²) in [4.78, 5) is 28.7. The van der Waals surface area contributed by atoms with Crippen LogP contribution in [0, 0.1) is 11.8 Å². The van der Waals surface area contributed by atoms with Crippen molar-refractivity contribution in [2.24, 2.45) is 11.8 Å². The van der Waals surface area contributed by atoms with E-state index in [0.717, 1.165) is 57.6 Å². The lowest BCUT2D eigenvalue weighted by atomic mass is 9.88.